The average Bonchev–Trinajstić information content (AvgIpc) is 2.77. The van der Waals surface area contributed by atoms with Crippen molar-refractivity contribution in [3.63, 3.8) is 0 Å². The van der Waals surface area contributed by atoms with Crippen LogP contribution >= 0.6 is 15.9 Å². The molecule has 0 saturated heterocycles. The fraction of sp³-hybridized carbons (Fsp3) is 0.217. The van der Waals surface area contributed by atoms with Gasteiger partial charge in [0.15, 0.2) is 0 Å². The van der Waals surface area contributed by atoms with Crippen molar-refractivity contribution in [2.45, 2.75) is 25.3 Å². The number of anilines is 1. The van der Waals surface area contributed by atoms with Crippen LogP contribution in [0.4, 0.5) is 5.69 Å². The number of hydrogen-bond acceptors (Lipinski definition) is 5. The molecule has 2 N–H and O–H groups in total. The van der Waals surface area contributed by atoms with Gasteiger partial charge in [-0.25, -0.2) is 4.79 Å². The molecule has 164 valence electrons. The average molecular weight is 498 g/mol. The van der Waals surface area contributed by atoms with Gasteiger partial charge in [-0.15, -0.1) is 0 Å². The molecular formula is C23H20BrN3O5. The van der Waals surface area contributed by atoms with Crippen LogP contribution in [0, 0.1) is 0 Å². The van der Waals surface area contributed by atoms with Gasteiger partial charge in [0, 0.05) is 28.7 Å². The van der Waals surface area contributed by atoms with Crippen LogP contribution in [0.3, 0.4) is 0 Å². The van der Waals surface area contributed by atoms with Crippen LogP contribution in [0.1, 0.15) is 30.0 Å². The topological polar surface area (TPSA) is 110 Å². The molecule has 1 aliphatic rings. The number of benzene rings is 2. The van der Waals surface area contributed by atoms with Crippen molar-refractivity contribution < 1.29 is 14.3 Å². The lowest BCUT2D eigenvalue weighted by Gasteiger charge is -2.27. The smallest absolute Gasteiger partial charge is 0.330 e. The van der Waals surface area contributed by atoms with Crippen molar-refractivity contribution >= 4 is 50.6 Å². The Morgan fingerprint density at radius 1 is 1.25 bits per heavy atom. The van der Waals surface area contributed by atoms with Crippen LogP contribution in [0.2, 0.25) is 0 Å². The first-order valence-corrected chi connectivity index (χ1v) is 10.8. The molecule has 0 saturated carbocycles. The van der Waals surface area contributed by atoms with Crippen LogP contribution in [-0.2, 0) is 20.7 Å². The summed E-state index contributed by atoms with van der Waals surface area (Å²) >= 11 is 3.43. The van der Waals surface area contributed by atoms with E-state index in [-0.39, 0.29) is 12.3 Å². The summed E-state index contributed by atoms with van der Waals surface area (Å²) in [7, 11) is 1.31. The molecule has 1 aliphatic heterocycles. The minimum Gasteiger partial charge on any atom is -0.466 e. The molecule has 1 amide bonds. The molecule has 0 aliphatic carbocycles. The third-order valence-corrected chi connectivity index (χ3v) is 5.85. The Kier molecular flexibility index (Phi) is 6.09. The highest BCUT2D eigenvalue weighted by atomic mass is 79.9. The fourth-order valence-corrected chi connectivity index (χ4v) is 4.45. The summed E-state index contributed by atoms with van der Waals surface area (Å²) in [6, 6.07) is 10.2. The molecule has 1 unspecified atom stereocenters. The number of amides is 1. The number of carbonyl (C=O) groups is 2. The zero-order valence-electron chi connectivity index (χ0n) is 17.2. The molecule has 1 aromatic heterocycles. The van der Waals surface area contributed by atoms with Crippen molar-refractivity contribution in [1.82, 2.24) is 9.55 Å². The third-order valence-electron chi connectivity index (χ3n) is 5.40. The minimum absolute atomic E-state index is 0.0674. The van der Waals surface area contributed by atoms with Gasteiger partial charge in [-0.2, -0.15) is 0 Å². The Hall–Kier alpha value is -3.46. The fourth-order valence-electron chi connectivity index (χ4n) is 3.94. The highest BCUT2D eigenvalue weighted by Crippen LogP contribution is 2.32. The number of esters is 1. The molecule has 9 heteroatoms. The summed E-state index contributed by atoms with van der Waals surface area (Å²) in [5, 5.41) is 2.83. The molecule has 0 fully saturated rings. The summed E-state index contributed by atoms with van der Waals surface area (Å²) in [6.07, 6.45) is 4.26. The molecular weight excluding hydrogens is 478 g/mol. The van der Waals surface area contributed by atoms with Gasteiger partial charge in [-0.3, -0.25) is 19.0 Å². The Balaban J connectivity index is 1.53. The minimum atomic E-state index is -0.704. The van der Waals surface area contributed by atoms with E-state index in [0.717, 1.165) is 15.6 Å². The van der Waals surface area contributed by atoms with Gasteiger partial charge in [0.2, 0.25) is 5.91 Å². The lowest BCUT2D eigenvalue weighted by Crippen LogP contribution is -2.41. The molecule has 3 aromatic rings. The van der Waals surface area contributed by atoms with Gasteiger partial charge in [0.1, 0.15) is 0 Å². The molecule has 2 heterocycles. The maximum atomic E-state index is 12.7. The first-order chi connectivity index (χ1) is 15.4. The predicted octanol–water partition coefficient (Wildman–Crippen LogP) is 3.15. The standard InChI is InChI=1S/C23H20BrN3O5/c1-32-20(29)9-4-13-2-6-16(7-3-13)25-19(28)12-17-8-5-14-10-15(24)11-18-21(14)27(17)23(31)22(30)26-18/h2-4,6-7,9-11,17H,5,8,12H2,1H3,(H,25,28)(H,26,30)/b9-4+. The van der Waals surface area contributed by atoms with Crippen molar-refractivity contribution in [2.24, 2.45) is 0 Å². The number of nitrogens with one attached hydrogen (secondary N) is 2. The van der Waals surface area contributed by atoms with Crippen LogP contribution < -0.4 is 16.4 Å². The normalized spacial score (nSPS) is 15.1. The number of H-pyrrole nitrogens is 1. The molecule has 0 bridgehead atoms. The molecule has 2 aromatic carbocycles. The van der Waals surface area contributed by atoms with E-state index in [9.17, 15) is 19.2 Å². The maximum Gasteiger partial charge on any atom is 0.330 e. The SMILES string of the molecule is COC(=O)/C=C/c1ccc(NC(=O)CC2CCc3cc(Br)cc4[nH]c(=O)c(=O)n2c34)cc1. The highest BCUT2D eigenvalue weighted by molar-refractivity contribution is 9.10. The summed E-state index contributed by atoms with van der Waals surface area (Å²) in [5.41, 5.74) is 2.21. The lowest BCUT2D eigenvalue weighted by atomic mass is 9.96. The zero-order chi connectivity index (χ0) is 22.8. The number of nitrogens with zero attached hydrogens (tertiary/aromatic N) is 1. The van der Waals surface area contributed by atoms with E-state index >= 15 is 0 Å². The summed E-state index contributed by atoms with van der Waals surface area (Å²) < 4.78 is 6.83. The quantitative estimate of drug-likeness (QED) is 0.319. The van der Waals surface area contributed by atoms with E-state index in [1.165, 1.54) is 17.8 Å². The molecule has 32 heavy (non-hydrogen) atoms. The number of aromatic amines is 1. The second-order valence-electron chi connectivity index (χ2n) is 7.51. The Bertz CT molecular complexity index is 1360. The largest absolute Gasteiger partial charge is 0.466 e. The number of hydrogen-bond donors (Lipinski definition) is 2. The van der Waals surface area contributed by atoms with Crippen LogP contribution in [0.15, 0.2) is 56.5 Å². The monoisotopic (exact) mass is 497 g/mol. The highest BCUT2D eigenvalue weighted by Gasteiger charge is 2.26. The predicted molar refractivity (Wildman–Crippen MR) is 125 cm³/mol. The summed E-state index contributed by atoms with van der Waals surface area (Å²) in [5.74, 6) is -0.707. The van der Waals surface area contributed by atoms with E-state index in [2.05, 4.69) is 31.0 Å². The molecule has 0 spiro atoms. The second-order valence-corrected chi connectivity index (χ2v) is 8.43. The molecule has 1 atom stereocenters. The second kappa shape index (κ2) is 8.96. The van der Waals surface area contributed by atoms with Gasteiger partial charge >= 0.3 is 17.1 Å². The van der Waals surface area contributed by atoms with Crippen molar-refractivity contribution in [3.8, 4) is 0 Å². The van der Waals surface area contributed by atoms with Crippen molar-refractivity contribution in [1.29, 1.82) is 0 Å². The molecule has 8 nitrogen and oxygen atoms in total. The van der Waals surface area contributed by atoms with Gasteiger partial charge in [-0.05, 0) is 54.3 Å². The number of rotatable bonds is 5. The molecule has 0 radical (unpaired) electrons. The Morgan fingerprint density at radius 2 is 2.00 bits per heavy atom. The number of ether oxygens (including phenoxy) is 1. The van der Waals surface area contributed by atoms with Crippen molar-refractivity contribution in [2.75, 3.05) is 12.4 Å². The number of aryl methyl sites for hydroxylation is 1. The zero-order valence-corrected chi connectivity index (χ0v) is 18.8. The van der Waals surface area contributed by atoms with E-state index < -0.39 is 23.1 Å². The number of methoxy groups -OCH3 is 1. The van der Waals surface area contributed by atoms with E-state index in [1.54, 1.807) is 36.4 Å². The molecule has 4 rings (SSSR count). The van der Waals surface area contributed by atoms with Crippen LogP contribution in [0.5, 0.6) is 0 Å². The van der Waals surface area contributed by atoms with Crippen molar-refractivity contribution in [3.05, 3.63) is 78.8 Å². The lowest BCUT2D eigenvalue weighted by molar-refractivity contribution is -0.134. The Morgan fingerprint density at radius 3 is 2.72 bits per heavy atom. The first-order valence-electron chi connectivity index (χ1n) is 9.98. The first kappa shape index (κ1) is 21.8. The van der Waals surface area contributed by atoms with Gasteiger partial charge in [0.25, 0.3) is 0 Å². The number of carbonyl (C=O) groups excluding carboxylic acids is 2. The van der Waals surface area contributed by atoms with E-state index in [1.807, 2.05) is 6.07 Å². The van der Waals surface area contributed by atoms with Crippen LogP contribution in [0.25, 0.3) is 17.1 Å². The number of aromatic nitrogens is 2. The van der Waals surface area contributed by atoms with Crippen LogP contribution in [-0.4, -0.2) is 28.5 Å². The van der Waals surface area contributed by atoms with Gasteiger partial charge < -0.3 is 15.0 Å². The number of halogens is 1. The Labute approximate surface area is 191 Å². The maximum absolute atomic E-state index is 12.7. The van der Waals surface area contributed by atoms with Gasteiger partial charge in [0.05, 0.1) is 18.1 Å². The van der Waals surface area contributed by atoms with E-state index in [0.29, 0.717) is 29.6 Å². The summed E-state index contributed by atoms with van der Waals surface area (Å²) in [6.45, 7) is 0. The van der Waals surface area contributed by atoms with Gasteiger partial charge in [-0.1, -0.05) is 28.1 Å². The van der Waals surface area contributed by atoms with E-state index in [4.69, 9.17) is 0 Å². The third kappa shape index (κ3) is 4.43. The summed E-state index contributed by atoms with van der Waals surface area (Å²) in [4.78, 5) is 51.3.